The number of hydrogen-bond acceptors (Lipinski definition) is 8. The van der Waals surface area contributed by atoms with Crippen LogP contribution in [0.2, 0.25) is 0 Å². The number of para-hydroxylation sites is 1. The third-order valence-electron chi connectivity index (χ3n) is 4.34. The maximum absolute atomic E-state index is 13.8. The lowest BCUT2D eigenvalue weighted by atomic mass is 10.2. The number of halogens is 1. The fraction of sp³-hybridized carbons (Fsp3) is 0.227. The van der Waals surface area contributed by atoms with E-state index in [1.807, 2.05) is 0 Å². The lowest BCUT2D eigenvalue weighted by molar-refractivity contribution is -0.134. The Balaban J connectivity index is 1.62. The summed E-state index contributed by atoms with van der Waals surface area (Å²) < 4.78 is 29.7. The van der Waals surface area contributed by atoms with Crippen LogP contribution in [0.15, 0.2) is 57.9 Å². The number of fused-ring (bicyclic) bond motifs is 1. The zero-order valence-electron chi connectivity index (χ0n) is 17.2. The summed E-state index contributed by atoms with van der Waals surface area (Å²) in [6.07, 6.45) is 1.41. The van der Waals surface area contributed by atoms with Crippen LogP contribution in [-0.4, -0.2) is 24.1 Å². The van der Waals surface area contributed by atoms with E-state index >= 15 is 0 Å². The monoisotopic (exact) mass is 443 g/mol. The molecule has 3 rings (SSSR count). The molecule has 0 fully saturated rings. The summed E-state index contributed by atoms with van der Waals surface area (Å²) in [5.41, 5.74) is 9.07. The zero-order valence-corrected chi connectivity index (χ0v) is 17.2. The van der Waals surface area contributed by atoms with E-state index in [0.717, 1.165) is 6.26 Å². The Morgan fingerprint density at radius 3 is 2.62 bits per heavy atom. The topological polar surface area (TPSA) is 147 Å². The number of rotatable bonds is 8. The maximum Gasteiger partial charge on any atom is 0.311 e. The fourth-order valence-corrected chi connectivity index (χ4v) is 2.68. The van der Waals surface area contributed by atoms with Gasteiger partial charge in [0.05, 0.1) is 5.39 Å². The third-order valence-corrected chi connectivity index (χ3v) is 4.34. The van der Waals surface area contributed by atoms with Gasteiger partial charge in [0.1, 0.15) is 23.3 Å². The molecule has 0 unspecified atom stereocenters. The minimum atomic E-state index is -1.49. The van der Waals surface area contributed by atoms with Crippen LogP contribution in [-0.2, 0) is 9.59 Å². The van der Waals surface area contributed by atoms with Crippen molar-refractivity contribution in [1.82, 2.24) is 5.32 Å². The molecule has 0 spiro atoms. The molecule has 3 aromatic rings. The number of hydrogen-bond donors (Lipinski definition) is 3. The average Bonchev–Trinajstić information content (AvgIpc) is 2.74. The first kappa shape index (κ1) is 22.9. The minimum Gasteiger partial charge on any atom is -0.460 e. The highest BCUT2D eigenvalue weighted by atomic mass is 19.1. The molecule has 1 aromatic heterocycles. The second-order valence-corrected chi connectivity index (χ2v) is 7.24. The van der Waals surface area contributed by atoms with E-state index in [9.17, 15) is 18.8 Å². The van der Waals surface area contributed by atoms with Crippen molar-refractivity contribution >= 4 is 22.8 Å². The van der Waals surface area contributed by atoms with Crippen LogP contribution in [0.25, 0.3) is 11.0 Å². The van der Waals surface area contributed by atoms with Gasteiger partial charge in [-0.15, -0.1) is 0 Å². The second kappa shape index (κ2) is 9.58. The summed E-state index contributed by atoms with van der Waals surface area (Å²) in [6.45, 7) is 1.57. The molecule has 0 saturated heterocycles. The number of carbonyl (C=O) groups excluding carboxylic acids is 2. The number of benzene rings is 2. The van der Waals surface area contributed by atoms with Crippen LogP contribution in [0.3, 0.4) is 0 Å². The van der Waals surface area contributed by atoms with Crippen LogP contribution < -0.4 is 31.7 Å². The molecule has 0 aliphatic carbocycles. The first-order chi connectivity index (χ1) is 15.1. The van der Waals surface area contributed by atoms with Gasteiger partial charge in [-0.25, -0.2) is 4.39 Å². The molecule has 0 atom stereocenters. The Morgan fingerprint density at radius 1 is 1.16 bits per heavy atom. The highest BCUT2D eigenvalue weighted by Crippen LogP contribution is 2.25. The Kier molecular flexibility index (Phi) is 6.86. The zero-order chi connectivity index (χ0) is 23.3. The molecule has 32 heavy (non-hydrogen) atoms. The highest BCUT2D eigenvalue weighted by Gasteiger charge is 2.21. The lowest BCUT2D eigenvalue weighted by Crippen LogP contribution is -2.58. The van der Waals surface area contributed by atoms with Gasteiger partial charge in [-0.3, -0.25) is 14.4 Å². The first-order valence-corrected chi connectivity index (χ1v) is 9.70. The Bertz CT molecular complexity index is 1200. The minimum absolute atomic E-state index is 0.0313. The molecule has 0 radical (unpaired) electrons. The van der Waals surface area contributed by atoms with Gasteiger partial charge in [0.2, 0.25) is 11.2 Å². The van der Waals surface area contributed by atoms with Crippen molar-refractivity contribution in [3.8, 4) is 17.2 Å². The molecular weight excluding hydrogens is 421 g/mol. The van der Waals surface area contributed by atoms with E-state index < -0.39 is 28.8 Å². The summed E-state index contributed by atoms with van der Waals surface area (Å²) in [5.74, 6) is -1.80. The van der Waals surface area contributed by atoms with E-state index in [0.29, 0.717) is 6.42 Å². The van der Waals surface area contributed by atoms with Crippen molar-refractivity contribution in [1.29, 1.82) is 0 Å². The molecule has 1 amide bonds. The SMILES string of the molecule is CC(N)(N)C(=O)NCCCC(=O)Oc1ccc2c(=O)c(Oc3ccccc3F)coc2c1. The largest absolute Gasteiger partial charge is 0.460 e. The van der Waals surface area contributed by atoms with Gasteiger partial charge in [0, 0.05) is 19.0 Å². The molecule has 0 aliphatic rings. The summed E-state index contributed by atoms with van der Waals surface area (Å²) in [5, 5.41) is 2.69. The lowest BCUT2D eigenvalue weighted by Gasteiger charge is -2.17. The van der Waals surface area contributed by atoms with Crippen molar-refractivity contribution in [2.75, 3.05) is 6.54 Å². The van der Waals surface area contributed by atoms with Crippen LogP contribution >= 0.6 is 0 Å². The first-order valence-electron chi connectivity index (χ1n) is 9.70. The van der Waals surface area contributed by atoms with Crippen molar-refractivity contribution in [2.45, 2.75) is 25.4 Å². The molecule has 0 saturated carbocycles. The Hall–Kier alpha value is -3.76. The predicted octanol–water partition coefficient (Wildman–Crippen LogP) is 2.16. The van der Waals surface area contributed by atoms with Gasteiger partial charge in [-0.2, -0.15) is 0 Å². The quantitative estimate of drug-likeness (QED) is 0.208. The summed E-state index contributed by atoms with van der Waals surface area (Å²) in [7, 11) is 0. The van der Waals surface area contributed by atoms with E-state index in [2.05, 4.69) is 5.32 Å². The molecule has 9 nitrogen and oxygen atoms in total. The molecule has 5 N–H and O–H groups in total. The molecule has 10 heteroatoms. The molecule has 0 aliphatic heterocycles. The fourth-order valence-electron chi connectivity index (χ4n) is 2.68. The smallest absolute Gasteiger partial charge is 0.311 e. The maximum atomic E-state index is 13.8. The average molecular weight is 443 g/mol. The van der Waals surface area contributed by atoms with Crippen molar-refractivity contribution in [3.05, 3.63) is 64.8 Å². The van der Waals surface area contributed by atoms with Crippen LogP contribution in [0, 0.1) is 5.82 Å². The van der Waals surface area contributed by atoms with Gasteiger partial charge in [-0.05, 0) is 37.6 Å². The molecule has 1 heterocycles. The number of carbonyl (C=O) groups is 2. The van der Waals surface area contributed by atoms with Crippen LogP contribution in [0.4, 0.5) is 4.39 Å². The van der Waals surface area contributed by atoms with E-state index in [4.69, 9.17) is 25.4 Å². The predicted molar refractivity (Wildman–Crippen MR) is 114 cm³/mol. The summed E-state index contributed by atoms with van der Waals surface area (Å²) in [6, 6.07) is 9.90. The molecule has 0 bridgehead atoms. The molecule has 2 aromatic carbocycles. The van der Waals surface area contributed by atoms with Gasteiger partial charge in [0.15, 0.2) is 11.6 Å². The number of nitrogens with two attached hydrogens (primary N) is 2. The Labute approximate surface area is 182 Å². The number of amides is 1. The number of ether oxygens (including phenoxy) is 2. The summed E-state index contributed by atoms with van der Waals surface area (Å²) in [4.78, 5) is 36.2. The van der Waals surface area contributed by atoms with Gasteiger partial charge in [-0.1, -0.05) is 12.1 Å². The molecular formula is C22H22FN3O6. The van der Waals surface area contributed by atoms with Gasteiger partial charge in [0.25, 0.3) is 5.91 Å². The number of esters is 1. The normalized spacial score (nSPS) is 11.2. The van der Waals surface area contributed by atoms with E-state index in [1.54, 1.807) is 6.07 Å². The van der Waals surface area contributed by atoms with E-state index in [-0.39, 0.29) is 41.2 Å². The van der Waals surface area contributed by atoms with Gasteiger partial charge >= 0.3 is 5.97 Å². The van der Waals surface area contributed by atoms with Crippen LogP contribution in [0.5, 0.6) is 17.2 Å². The van der Waals surface area contributed by atoms with Crippen molar-refractivity contribution in [3.63, 3.8) is 0 Å². The van der Waals surface area contributed by atoms with Crippen molar-refractivity contribution in [2.24, 2.45) is 11.5 Å². The number of nitrogens with one attached hydrogen (secondary N) is 1. The third kappa shape index (κ3) is 5.68. The summed E-state index contributed by atoms with van der Waals surface area (Å²) >= 11 is 0. The Morgan fingerprint density at radius 2 is 1.91 bits per heavy atom. The highest BCUT2D eigenvalue weighted by molar-refractivity contribution is 5.84. The van der Waals surface area contributed by atoms with Crippen molar-refractivity contribution < 1.29 is 27.9 Å². The van der Waals surface area contributed by atoms with Crippen LogP contribution in [0.1, 0.15) is 19.8 Å². The van der Waals surface area contributed by atoms with E-state index in [1.165, 1.54) is 43.3 Å². The molecule has 168 valence electrons. The van der Waals surface area contributed by atoms with Gasteiger partial charge < -0.3 is 30.7 Å². The standard InChI is InChI=1S/C22H22FN3O6/c1-22(24,25)21(29)26-10-4-7-19(27)31-13-8-9-14-17(11-13)30-12-18(20(14)28)32-16-6-3-2-5-15(16)23/h2-3,5-6,8-9,11-12H,4,7,10,24-25H2,1H3,(H,26,29). The second-order valence-electron chi connectivity index (χ2n) is 7.24.